The predicted molar refractivity (Wildman–Crippen MR) is 83.6 cm³/mol. The fraction of sp³-hybridized carbons (Fsp3) is 0.667. The summed E-state index contributed by atoms with van der Waals surface area (Å²) < 4.78 is 34.1. The van der Waals surface area contributed by atoms with E-state index in [-0.39, 0.29) is 6.04 Å². The highest BCUT2D eigenvalue weighted by atomic mass is 32.2. The Balaban J connectivity index is 1.64. The molecule has 1 atom stereocenters. The second-order valence-electron chi connectivity index (χ2n) is 5.82. The third-order valence-electron chi connectivity index (χ3n) is 4.43. The highest BCUT2D eigenvalue weighted by Crippen LogP contribution is 2.27. The van der Waals surface area contributed by atoms with Crippen molar-refractivity contribution in [1.82, 2.24) is 13.6 Å². The lowest BCUT2D eigenvalue weighted by Gasteiger charge is -2.33. The van der Waals surface area contributed by atoms with Gasteiger partial charge in [-0.2, -0.15) is 17.0 Å². The lowest BCUT2D eigenvalue weighted by atomic mass is 10.1. The number of pyridine rings is 1. The number of hydrogen-bond donors (Lipinski definition) is 0. The van der Waals surface area contributed by atoms with Gasteiger partial charge in [0.1, 0.15) is 0 Å². The number of rotatable bonds is 5. The summed E-state index contributed by atoms with van der Waals surface area (Å²) in [5, 5.41) is 0. The molecule has 0 saturated carbocycles. The van der Waals surface area contributed by atoms with E-state index in [0.717, 1.165) is 25.7 Å². The van der Waals surface area contributed by atoms with Crippen molar-refractivity contribution >= 4 is 10.2 Å². The van der Waals surface area contributed by atoms with Crippen LogP contribution in [0.2, 0.25) is 0 Å². The molecule has 7 heteroatoms. The predicted octanol–water partition coefficient (Wildman–Crippen LogP) is 1.06. The quantitative estimate of drug-likeness (QED) is 0.812. The van der Waals surface area contributed by atoms with Gasteiger partial charge in [0.15, 0.2) is 0 Å². The summed E-state index contributed by atoms with van der Waals surface area (Å²) >= 11 is 0. The fourth-order valence-corrected chi connectivity index (χ4v) is 5.06. The Hall–Kier alpha value is -1.02. The minimum Gasteiger partial charge on any atom is -0.379 e. The lowest BCUT2D eigenvalue weighted by molar-refractivity contribution is 0.0698. The Morgan fingerprint density at radius 3 is 2.64 bits per heavy atom. The van der Waals surface area contributed by atoms with Crippen molar-refractivity contribution in [1.29, 1.82) is 0 Å². The number of ether oxygens (including phenoxy) is 1. The molecule has 3 rings (SSSR count). The molecule has 0 N–H and O–H groups in total. The molecule has 2 saturated heterocycles. The van der Waals surface area contributed by atoms with E-state index in [1.807, 2.05) is 12.1 Å². The van der Waals surface area contributed by atoms with Gasteiger partial charge >= 0.3 is 0 Å². The molecule has 1 aromatic rings. The average molecular weight is 325 g/mol. The smallest absolute Gasteiger partial charge is 0.282 e. The number of nitrogens with zero attached hydrogens (tertiary/aromatic N) is 3. The van der Waals surface area contributed by atoms with Gasteiger partial charge in [0.05, 0.1) is 13.2 Å². The van der Waals surface area contributed by atoms with Crippen molar-refractivity contribution < 1.29 is 13.2 Å². The molecule has 0 aliphatic carbocycles. The molecule has 2 aliphatic heterocycles. The van der Waals surface area contributed by atoms with Crippen molar-refractivity contribution in [2.24, 2.45) is 0 Å². The zero-order valence-electron chi connectivity index (χ0n) is 12.7. The molecule has 0 bridgehead atoms. The van der Waals surface area contributed by atoms with Gasteiger partial charge in [-0.1, -0.05) is 0 Å². The molecule has 3 heterocycles. The molecule has 1 unspecified atom stereocenters. The maximum absolute atomic E-state index is 12.8. The topological polar surface area (TPSA) is 62.7 Å². The summed E-state index contributed by atoms with van der Waals surface area (Å²) in [6, 6.07) is 4.10. The minimum atomic E-state index is -3.34. The number of hydrogen-bond acceptors (Lipinski definition) is 4. The van der Waals surface area contributed by atoms with Gasteiger partial charge in [0, 0.05) is 38.1 Å². The molecule has 0 spiro atoms. The van der Waals surface area contributed by atoms with Crippen molar-refractivity contribution in [3.05, 3.63) is 30.1 Å². The van der Waals surface area contributed by atoms with E-state index in [2.05, 4.69) is 4.98 Å². The molecular formula is C15H23N3O3S. The second kappa shape index (κ2) is 7.04. The summed E-state index contributed by atoms with van der Waals surface area (Å²) in [5.74, 6) is 0. The normalized spacial score (nSPS) is 24.6. The highest BCUT2D eigenvalue weighted by molar-refractivity contribution is 7.86. The summed E-state index contributed by atoms with van der Waals surface area (Å²) in [4.78, 5) is 4.02. The number of aryl methyl sites for hydroxylation is 1. The third kappa shape index (κ3) is 3.48. The van der Waals surface area contributed by atoms with Gasteiger partial charge < -0.3 is 4.74 Å². The van der Waals surface area contributed by atoms with Crippen LogP contribution in [0.1, 0.15) is 24.8 Å². The van der Waals surface area contributed by atoms with Gasteiger partial charge in [-0.3, -0.25) is 4.98 Å². The van der Waals surface area contributed by atoms with Crippen molar-refractivity contribution in [3.63, 3.8) is 0 Å². The van der Waals surface area contributed by atoms with E-state index in [1.54, 1.807) is 21.0 Å². The van der Waals surface area contributed by atoms with Crippen LogP contribution >= 0.6 is 0 Å². The number of morpholine rings is 1. The first-order valence-electron chi connectivity index (χ1n) is 7.91. The van der Waals surface area contributed by atoms with Gasteiger partial charge in [-0.15, -0.1) is 0 Å². The molecule has 2 aliphatic rings. The van der Waals surface area contributed by atoms with Crippen molar-refractivity contribution in [2.75, 3.05) is 32.8 Å². The Labute approximate surface area is 132 Å². The number of aromatic nitrogens is 1. The molecule has 1 aromatic heterocycles. The zero-order chi connectivity index (χ0) is 15.4. The first-order valence-corrected chi connectivity index (χ1v) is 9.31. The Morgan fingerprint density at radius 2 is 1.91 bits per heavy atom. The molecule has 2 fully saturated rings. The van der Waals surface area contributed by atoms with E-state index in [9.17, 15) is 8.42 Å². The molecule has 6 nitrogen and oxygen atoms in total. The van der Waals surface area contributed by atoms with Crippen LogP contribution in [0.5, 0.6) is 0 Å². The summed E-state index contributed by atoms with van der Waals surface area (Å²) in [7, 11) is -3.34. The van der Waals surface area contributed by atoms with Crippen LogP contribution in [0.4, 0.5) is 0 Å². The van der Waals surface area contributed by atoms with Crippen LogP contribution < -0.4 is 0 Å². The monoisotopic (exact) mass is 325 g/mol. The Bertz CT molecular complexity index is 573. The van der Waals surface area contributed by atoms with E-state index in [1.165, 1.54) is 5.56 Å². The van der Waals surface area contributed by atoms with Crippen LogP contribution in [0.25, 0.3) is 0 Å². The van der Waals surface area contributed by atoms with Crippen molar-refractivity contribution in [3.8, 4) is 0 Å². The maximum Gasteiger partial charge on any atom is 0.282 e. The summed E-state index contributed by atoms with van der Waals surface area (Å²) in [5.41, 5.74) is 1.21. The first kappa shape index (κ1) is 15.9. The van der Waals surface area contributed by atoms with Crippen molar-refractivity contribution in [2.45, 2.75) is 31.7 Å². The zero-order valence-corrected chi connectivity index (χ0v) is 13.5. The molecule has 0 radical (unpaired) electrons. The largest absolute Gasteiger partial charge is 0.379 e. The lowest BCUT2D eigenvalue weighted by Crippen LogP contribution is -2.50. The van der Waals surface area contributed by atoms with E-state index in [4.69, 9.17) is 4.74 Å². The van der Waals surface area contributed by atoms with Crippen LogP contribution in [0.3, 0.4) is 0 Å². The Morgan fingerprint density at radius 1 is 1.18 bits per heavy atom. The summed E-state index contributed by atoms with van der Waals surface area (Å²) in [6.07, 6.45) is 7.23. The second-order valence-corrected chi connectivity index (χ2v) is 7.70. The molecule has 22 heavy (non-hydrogen) atoms. The molecule has 0 aromatic carbocycles. The fourth-order valence-electron chi connectivity index (χ4n) is 3.21. The Kier molecular flexibility index (Phi) is 5.07. The average Bonchev–Trinajstić information content (AvgIpc) is 3.04. The van der Waals surface area contributed by atoms with Gasteiger partial charge in [-0.05, 0) is 43.4 Å². The SMILES string of the molecule is O=S(=O)(N1CCOCC1)N1CCCC1CCc1ccncc1. The molecule has 122 valence electrons. The van der Waals surface area contributed by atoms with E-state index in [0.29, 0.717) is 32.8 Å². The van der Waals surface area contributed by atoms with Gasteiger partial charge in [-0.25, -0.2) is 0 Å². The van der Waals surface area contributed by atoms with Crippen LogP contribution in [0, 0.1) is 0 Å². The van der Waals surface area contributed by atoms with E-state index < -0.39 is 10.2 Å². The minimum absolute atomic E-state index is 0.112. The third-order valence-corrected chi connectivity index (χ3v) is 6.52. The van der Waals surface area contributed by atoms with Gasteiger partial charge in [0.2, 0.25) is 0 Å². The maximum atomic E-state index is 12.8. The van der Waals surface area contributed by atoms with Gasteiger partial charge in [0.25, 0.3) is 10.2 Å². The van der Waals surface area contributed by atoms with E-state index >= 15 is 0 Å². The van der Waals surface area contributed by atoms with Crippen LogP contribution in [-0.4, -0.2) is 60.9 Å². The first-order chi connectivity index (χ1) is 10.7. The molecular weight excluding hydrogens is 302 g/mol. The standard InChI is InChI=1S/C15H23N3O3S/c19-22(20,17-10-12-21-13-11-17)18-9-1-2-15(18)4-3-14-5-7-16-8-6-14/h5-8,15H,1-4,9-13H2. The van der Waals surface area contributed by atoms with Crippen LogP contribution in [-0.2, 0) is 21.4 Å². The summed E-state index contributed by atoms with van der Waals surface area (Å²) in [6.45, 7) is 2.57. The molecule has 0 amide bonds. The highest BCUT2D eigenvalue weighted by Gasteiger charge is 2.38. The van der Waals surface area contributed by atoms with Crippen LogP contribution in [0.15, 0.2) is 24.5 Å².